The van der Waals surface area contributed by atoms with E-state index in [9.17, 15) is 9.59 Å². The summed E-state index contributed by atoms with van der Waals surface area (Å²) in [5.74, 6) is -0.321. The zero-order valence-corrected chi connectivity index (χ0v) is 10.7. The van der Waals surface area contributed by atoms with Crippen LogP contribution in [0.3, 0.4) is 0 Å². The summed E-state index contributed by atoms with van der Waals surface area (Å²) in [4.78, 5) is 22.9. The third-order valence-electron chi connectivity index (χ3n) is 2.49. The van der Waals surface area contributed by atoms with E-state index >= 15 is 0 Å². The molecule has 3 nitrogen and oxygen atoms in total. The van der Waals surface area contributed by atoms with Gasteiger partial charge in [0.1, 0.15) is 0 Å². The van der Waals surface area contributed by atoms with E-state index in [0.717, 1.165) is 10.0 Å². The van der Waals surface area contributed by atoms with Crippen LogP contribution in [0, 0.1) is 0 Å². The molecule has 1 N–H and O–H groups in total. The van der Waals surface area contributed by atoms with E-state index in [1.54, 1.807) is 6.07 Å². The Labute approximate surface area is 106 Å². The van der Waals surface area contributed by atoms with E-state index in [1.165, 1.54) is 0 Å². The summed E-state index contributed by atoms with van der Waals surface area (Å²) in [6, 6.07) is 3.61. The molecule has 5 heteroatoms. The molecular formula is C11H9BrClNO2. The van der Waals surface area contributed by atoms with Crippen LogP contribution < -0.4 is 5.32 Å². The number of carbonyl (C=O) groups is 2. The van der Waals surface area contributed by atoms with Gasteiger partial charge in [-0.2, -0.15) is 0 Å². The van der Waals surface area contributed by atoms with Crippen molar-refractivity contribution in [2.24, 2.45) is 0 Å². The molecule has 0 aliphatic carbocycles. The fraction of sp³-hybridized carbons (Fsp3) is 0.273. The number of benzene rings is 1. The highest BCUT2D eigenvalue weighted by atomic mass is 79.9. The number of rotatable bonds is 2. The van der Waals surface area contributed by atoms with Crippen molar-refractivity contribution in [3.63, 3.8) is 0 Å². The van der Waals surface area contributed by atoms with E-state index in [0.29, 0.717) is 24.1 Å². The van der Waals surface area contributed by atoms with Gasteiger partial charge in [-0.3, -0.25) is 9.59 Å². The Balaban J connectivity index is 2.55. The molecule has 0 saturated carbocycles. The molecule has 1 amide bonds. The van der Waals surface area contributed by atoms with Crippen LogP contribution in [0.25, 0.3) is 0 Å². The minimum Gasteiger partial charge on any atom is -0.325 e. The lowest BCUT2D eigenvalue weighted by Gasteiger charge is -2.19. The third kappa shape index (κ3) is 2.13. The van der Waals surface area contributed by atoms with Crippen molar-refractivity contribution in [1.82, 2.24) is 0 Å². The van der Waals surface area contributed by atoms with Gasteiger partial charge in [-0.05, 0) is 24.1 Å². The van der Waals surface area contributed by atoms with E-state index in [1.807, 2.05) is 6.07 Å². The average molecular weight is 303 g/mol. The number of nitrogens with one attached hydrogen (secondary N) is 1. The zero-order valence-electron chi connectivity index (χ0n) is 8.35. The topological polar surface area (TPSA) is 46.2 Å². The summed E-state index contributed by atoms with van der Waals surface area (Å²) >= 11 is 8.89. The van der Waals surface area contributed by atoms with Crippen LogP contribution >= 0.6 is 27.5 Å². The number of hydrogen-bond donors (Lipinski definition) is 1. The number of fused-ring (bicyclic) bond motifs is 1. The Morgan fingerprint density at radius 1 is 1.44 bits per heavy atom. The lowest BCUT2D eigenvalue weighted by molar-refractivity contribution is -0.116. The maximum Gasteiger partial charge on any atom is 0.224 e. The van der Waals surface area contributed by atoms with Crippen molar-refractivity contribution < 1.29 is 9.59 Å². The van der Waals surface area contributed by atoms with Crippen molar-refractivity contribution >= 4 is 44.9 Å². The van der Waals surface area contributed by atoms with Crippen LogP contribution in [0.5, 0.6) is 0 Å². The molecule has 16 heavy (non-hydrogen) atoms. The molecule has 0 saturated heterocycles. The summed E-state index contributed by atoms with van der Waals surface area (Å²) in [6.45, 7) is 0. The average Bonchev–Trinajstić information content (AvgIpc) is 2.27. The maximum absolute atomic E-state index is 11.6. The number of anilines is 1. The monoisotopic (exact) mass is 301 g/mol. The van der Waals surface area contributed by atoms with E-state index in [2.05, 4.69) is 21.2 Å². The summed E-state index contributed by atoms with van der Waals surface area (Å²) in [7, 11) is 0. The van der Waals surface area contributed by atoms with Gasteiger partial charge in [0.25, 0.3) is 0 Å². The Bertz CT molecular complexity index is 473. The van der Waals surface area contributed by atoms with Crippen LogP contribution in [0.15, 0.2) is 16.6 Å². The van der Waals surface area contributed by atoms with Crippen molar-refractivity contribution in [2.75, 3.05) is 11.2 Å². The summed E-state index contributed by atoms with van der Waals surface area (Å²) < 4.78 is 0.830. The number of hydrogen-bond acceptors (Lipinski definition) is 2. The summed E-state index contributed by atoms with van der Waals surface area (Å²) in [5.41, 5.74) is 2.07. The second-order valence-electron chi connectivity index (χ2n) is 3.59. The zero-order chi connectivity index (χ0) is 11.7. The number of ketones is 1. The van der Waals surface area contributed by atoms with Crippen LogP contribution in [-0.2, 0) is 11.2 Å². The van der Waals surface area contributed by atoms with Gasteiger partial charge in [-0.1, -0.05) is 15.9 Å². The standard InChI is InChI=1S/C11H9BrClNO2/c12-7-3-6-1-2-10(16)14-11(6)8(4-7)9(15)5-13/h3-4H,1-2,5H2,(H,14,16). The van der Waals surface area contributed by atoms with Crippen molar-refractivity contribution in [2.45, 2.75) is 12.8 Å². The highest BCUT2D eigenvalue weighted by molar-refractivity contribution is 9.10. The summed E-state index contributed by atoms with van der Waals surface area (Å²) in [6.07, 6.45) is 1.11. The number of Topliss-reactive ketones (excluding diaryl/α,β-unsaturated/α-hetero) is 1. The summed E-state index contributed by atoms with van der Waals surface area (Å²) in [5, 5.41) is 2.73. The number of aryl methyl sites for hydroxylation is 1. The second kappa shape index (κ2) is 4.55. The van der Waals surface area contributed by atoms with Crippen LogP contribution in [-0.4, -0.2) is 17.6 Å². The first-order valence-corrected chi connectivity index (χ1v) is 6.16. The predicted molar refractivity (Wildman–Crippen MR) is 66.1 cm³/mol. The first-order valence-electron chi connectivity index (χ1n) is 4.83. The number of amides is 1. The van der Waals surface area contributed by atoms with Crippen LogP contribution in [0.2, 0.25) is 0 Å². The van der Waals surface area contributed by atoms with E-state index < -0.39 is 0 Å². The largest absolute Gasteiger partial charge is 0.325 e. The second-order valence-corrected chi connectivity index (χ2v) is 4.78. The van der Waals surface area contributed by atoms with E-state index in [-0.39, 0.29) is 17.6 Å². The molecule has 0 atom stereocenters. The van der Waals surface area contributed by atoms with Crippen LogP contribution in [0.1, 0.15) is 22.3 Å². The van der Waals surface area contributed by atoms with Gasteiger partial charge >= 0.3 is 0 Å². The predicted octanol–water partition coefficient (Wildman–Crippen LogP) is 2.76. The first kappa shape index (κ1) is 11.6. The lowest BCUT2D eigenvalue weighted by Crippen LogP contribution is -2.22. The van der Waals surface area contributed by atoms with Crippen LogP contribution in [0.4, 0.5) is 5.69 Å². The molecule has 84 valence electrons. The molecule has 0 bridgehead atoms. The van der Waals surface area contributed by atoms with E-state index in [4.69, 9.17) is 11.6 Å². The Morgan fingerprint density at radius 2 is 2.19 bits per heavy atom. The fourth-order valence-corrected chi connectivity index (χ4v) is 2.40. The first-order chi connectivity index (χ1) is 7.61. The molecule has 0 fully saturated rings. The van der Waals surface area contributed by atoms with Gasteiger partial charge in [0.15, 0.2) is 5.78 Å². The highest BCUT2D eigenvalue weighted by Crippen LogP contribution is 2.30. The minimum atomic E-state index is -0.179. The molecule has 0 unspecified atom stereocenters. The highest BCUT2D eigenvalue weighted by Gasteiger charge is 2.21. The normalized spacial score (nSPS) is 14.2. The molecule has 1 heterocycles. The molecule has 0 spiro atoms. The molecule has 1 aromatic rings. The van der Waals surface area contributed by atoms with Gasteiger partial charge < -0.3 is 5.32 Å². The van der Waals surface area contributed by atoms with Gasteiger partial charge in [0, 0.05) is 16.5 Å². The van der Waals surface area contributed by atoms with Gasteiger partial charge in [0.05, 0.1) is 11.6 Å². The molecule has 1 aliphatic heterocycles. The Kier molecular flexibility index (Phi) is 3.30. The molecule has 2 rings (SSSR count). The van der Waals surface area contributed by atoms with Crippen molar-refractivity contribution in [1.29, 1.82) is 0 Å². The molecule has 0 aromatic heterocycles. The smallest absolute Gasteiger partial charge is 0.224 e. The molecule has 1 aromatic carbocycles. The molecular weight excluding hydrogens is 293 g/mol. The lowest BCUT2D eigenvalue weighted by atomic mass is 9.97. The van der Waals surface area contributed by atoms with Crippen molar-refractivity contribution in [3.05, 3.63) is 27.7 Å². The SMILES string of the molecule is O=C1CCc2cc(Br)cc(C(=O)CCl)c2N1. The third-order valence-corrected chi connectivity index (χ3v) is 3.19. The minimum absolute atomic E-state index is 0.0570. The number of halogens is 2. The maximum atomic E-state index is 11.6. The number of alkyl halides is 1. The number of carbonyl (C=O) groups excluding carboxylic acids is 2. The van der Waals surface area contributed by atoms with Gasteiger partial charge in [-0.25, -0.2) is 0 Å². The molecule has 0 radical (unpaired) electrons. The van der Waals surface area contributed by atoms with Crippen molar-refractivity contribution in [3.8, 4) is 0 Å². The Morgan fingerprint density at radius 3 is 2.88 bits per heavy atom. The van der Waals surface area contributed by atoms with Gasteiger partial charge in [0.2, 0.25) is 5.91 Å². The Hall–Kier alpha value is -0.870. The fourth-order valence-electron chi connectivity index (χ4n) is 1.75. The molecule has 1 aliphatic rings. The quantitative estimate of drug-likeness (QED) is 0.674. The van der Waals surface area contributed by atoms with Gasteiger partial charge in [-0.15, -0.1) is 11.6 Å².